The van der Waals surface area contributed by atoms with Crippen LogP contribution in [0.5, 0.6) is 5.75 Å². The van der Waals surface area contributed by atoms with Gasteiger partial charge in [-0.2, -0.15) is 0 Å². The second kappa shape index (κ2) is 8.33. The lowest BCUT2D eigenvalue weighted by Crippen LogP contribution is -2.14. The van der Waals surface area contributed by atoms with Crippen molar-refractivity contribution in [2.75, 3.05) is 17.1 Å². The fourth-order valence-electron chi connectivity index (χ4n) is 2.41. The molecular formula is C20H17ClN2O4S. The summed E-state index contributed by atoms with van der Waals surface area (Å²) in [5.74, 6) is 0.338. The standard InChI is InChI=1S/C20H17ClN2O4S/c1-27-16-10-6-14(7-11-16)20(24)22-15-8-12-17(13-9-15)28(25,26)23-19-5-3-2-4-18(19)21/h2-13,23H,1H3,(H,22,24). The molecule has 0 heterocycles. The van der Waals surface area contributed by atoms with E-state index < -0.39 is 10.0 Å². The number of hydrogen-bond acceptors (Lipinski definition) is 4. The number of halogens is 1. The van der Waals surface area contributed by atoms with Gasteiger partial charge in [0.2, 0.25) is 0 Å². The lowest BCUT2D eigenvalue weighted by Gasteiger charge is -2.10. The lowest BCUT2D eigenvalue weighted by atomic mass is 10.2. The highest BCUT2D eigenvalue weighted by molar-refractivity contribution is 7.92. The van der Waals surface area contributed by atoms with E-state index >= 15 is 0 Å². The number of hydrogen-bond donors (Lipinski definition) is 2. The van der Waals surface area contributed by atoms with Crippen LogP contribution in [0.4, 0.5) is 11.4 Å². The molecule has 3 aromatic rings. The van der Waals surface area contributed by atoms with Crippen molar-refractivity contribution in [3.8, 4) is 5.75 Å². The van der Waals surface area contributed by atoms with Crippen LogP contribution in [0.3, 0.4) is 0 Å². The summed E-state index contributed by atoms with van der Waals surface area (Å²) in [6.07, 6.45) is 0. The average Bonchev–Trinajstić information content (AvgIpc) is 2.70. The maximum atomic E-state index is 12.5. The molecule has 0 spiro atoms. The number of carbonyl (C=O) groups excluding carboxylic acids is 1. The maximum absolute atomic E-state index is 12.5. The normalized spacial score (nSPS) is 10.9. The number of anilines is 2. The molecule has 8 heteroatoms. The van der Waals surface area contributed by atoms with E-state index in [0.29, 0.717) is 27.7 Å². The largest absolute Gasteiger partial charge is 0.497 e. The fourth-order valence-corrected chi connectivity index (χ4v) is 3.73. The number of rotatable bonds is 6. The summed E-state index contributed by atoms with van der Waals surface area (Å²) >= 11 is 6.00. The van der Waals surface area contributed by atoms with E-state index in [9.17, 15) is 13.2 Å². The van der Waals surface area contributed by atoms with Gasteiger partial charge < -0.3 is 10.1 Å². The van der Waals surface area contributed by atoms with Crippen LogP contribution < -0.4 is 14.8 Å². The Labute approximate surface area is 168 Å². The molecule has 0 bridgehead atoms. The van der Waals surface area contributed by atoms with E-state index in [2.05, 4.69) is 10.0 Å². The van der Waals surface area contributed by atoms with Gasteiger partial charge in [-0.15, -0.1) is 0 Å². The van der Waals surface area contributed by atoms with Gasteiger partial charge >= 0.3 is 0 Å². The lowest BCUT2D eigenvalue weighted by molar-refractivity contribution is 0.102. The van der Waals surface area contributed by atoms with Gasteiger partial charge in [-0.05, 0) is 60.7 Å². The molecule has 0 aliphatic carbocycles. The molecule has 0 aromatic heterocycles. The van der Waals surface area contributed by atoms with Crippen molar-refractivity contribution in [3.63, 3.8) is 0 Å². The van der Waals surface area contributed by atoms with Crippen molar-refractivity contribution < 1.29 is 17.9 Å². The van der Waals surface area contributed by atoms with Crippen LogP contribution >= 0.6 is 11.6 Å². The quantitative estimate of drug-likeness (QED) is 0.623. The summed E-state index contributed by atoms with van der Waals surface area (Å²) in [6, 6.07) is 19.1. The van der Waals surface area contributed by atoms with E-state index in [4.69, 9.17) is 16.3 Å². The number of nitrogens with one attached hydrogen (secondary N) is 2. The summed E-state index contributed by atoms with van der Waals surface area (Å²) in [6.45, 7) is 0. The van der Waals surface area contributed by atoms with Gasteiger partial charge in [0.05, 0.1) is 22.7 Å². The first-order valence-corrected chi connectivity index (χ1v) is 10.1. The molecule has 0 radical (unpaired) electrons. The first-order valence-electron chi connectivity index (χ1n) is 8.22. The van der Waals surface area contributed by atoms with Crippen LogP contribution in [0.15, 0.2) is 77.7 Å². The Morgan fingerprint density at radius 2 is 1.57 bits per heavy atom. The highest BCUT2D eigenvalue weighted by Gasteiger charge is 2.16. The van der Waals surface area contributed by atoms with Gasteiger partial charge in [-0.25, -0.2) is 8.42 Å². The molecule has 6 nitrogen and oxygen atoms in total. The molecule has 0 fully saturated rings. The second-order valence-electron chi connectivity index (χ2n) is 5.79. The topological polar surface area (TPSA) is 84.5 Å². The van der Waals surface area contributed by atoms with E-state index in [0.717, 1.165) is 0 Å². The van der Waals surface area contributed by atoms with Crippen molar-refractivity contribution in [1.82, 2.24) is 0 Å². The Hall–Kier alpha value is -3.03. The molecule has 1 amide bonds. The molecule has 0 aliphatic rings. The SMILES string of the molecule is COc1ccc(C(=O)Nc2ccc(S(=O)(=O)Nc3ccccc3Cl)cc2)cc1. The van der Waals surface area contributed by atoms with Crippen LogP contribution in [0.25, 0.3) is 0 Å². The number of sulfonamides is 1. The van der Waals surface area contributed by atoms with Gasteiger partial charge in [-0.3, -0.25) is 9.52 Å². The summed E-state index contributed by atoms with van der Waals surface area (Å²) in [7, 11) is -2.26. The first-order chi connectivity index (χ1) is 13.4. The zero-order valence-electron chi connectivity index (χ0n) is 14.8. The third-order valence-electron chi connectivity index (χ3n) is 3.89. The number of ether oxygens (including phenoxy) is 1. The average molecular weight is 417 g/mol. The second-order valence-corrected chi connectivity index (χ2v) is 7.88. The van der Waals surface area contributed by atoms with E-state index in [-0.39, 0.29) is 10.8 Å². The van der Waals surface area contributed by atoms with Gasteiger partial charge in [0, 0.05) is 11.3 Å². The first kappa shape index (κ1) is 19.7. The zero-order valence-corrected chi connectivity index (χ0v) is 16.4. The molecule has 0 atom stereocenters. The van der Waals surface area contributed by atoms with Gasteiger partial charge in [0.15, 0.2) is 0 Å². The molecule has 0 saturated heterocycles. The molecular weight excluding hydrogens is 400 g/mol. The van der Waals surface area contributed by atoms with Crippen LogP contribution in [0.1, 0.15) is 10.4 Å². The van der Waals surface area contributed by atoms with Gasteiger partial charge in [-0.1, -0.05) is 23.7 Å². The number of methoxy groups -OCH3 is 1. The minimum Gasteiger partial charge on any atom is -0.497 e. The Morgan fingerprint density at radius 3 is 2.18 bits per heavy atom. The molecule has 3 aromatic carbocycles. The van der Waals surface area contributed by atoms with Crippen molar-refractivity contribution in [1.29, 1.82) is 0 Å². The summed E-state index contributed by atoms with van der Waals surface area (Å²) < 4.78 is 32.5. The summed E-state index contributed by atoms with van der Waals surface area (Å²) in [4.78, 5) is 12.3. The molecule has 3 rings (SSSR count). The van der Waals surface area contributed by atoms with Crippen LogP contribution in [-0.4, -0.2) is 21.4 Å². The number of amides is 1. The zero-order chi connectivity index (χ0) is 20.1. The highest BCUT2D eigenvalue weighted by Crippen LogP contribution is 2.24. The Kier molecular flexibility index (Phi) is 5.87. The van der Waals surface area contributed by atoms with E-state index in [1.165, 1.54) is 24.3 Å². The third kappa shape index (κ3) is 4.62. The Morgan fingerprint density at radius 1 is 0.929 bits per heavy atom. The third-order valence-corrected chi connectivity index (χ3v) is 5.60. The molecule has 0 aliphatic heterocycles. The monoisotopic (exact) mass is 416 g/mol. The maximum Gasteiger partial charge on any atom is 0.261 e. The number of benzene rings is 3. The van der Waals surface area contributed by atoms with Crippen molar-refractivity contribution in [3.05, 3.63) is 83.4 Å². The minimum absolute atomic E-state index is 0.0508. The Balaban J connectivity index is 1.71. The van der Waals surface area contributed by atoms with Crippen LogP contribution in [0.2, 0.25) is 5.02 Å². The molecule has 28 heavy (non-hydrogen) atoms. The highest BCUT2D eigenvalue weighted by atomic mass is 35.5. The smallest absolute Gasteiger partial charge is 0.261 e. The minimum atomic E-state index is -3.80. The fraction of sp³-hybridized carbons (Fsp3) is 0.0500. The van der Waals surface area contributed by atoms with Gasteiger partial charge in [0.25, 0.3) is 15.9 Å². The van der Waals surface area contributed by atoms with Crippen molar-refractivity contribution in [2.24, 2.45) is 0 Å². The van der Waals surface area contributed by atoms with Crippen LogP contribution in [0, 0.1) is 0 Å². The Bertz CT molecular complexity index is 1080. The molecule has 0 unspecified atom stereocenters. The molecule has 144 valence electrons. The summed E-state index contributed by atoms with van der Waals surface area (Å²) in [5.41, 5.74) is 1.22. The predicted octanol–water partition coefficient (Wildman–Crippen LogP) is 4.40. The van der Waals surface area contributed by atoms with Crippen molar-refractivity contribution in [2.45, 2.75) is 4.90 Å². The van der Waals surface area contributed by atoms with E-state index in [1.807, 2.05) is 0 Å². The molecule has 0 saturated carbocycles. The number of carbonyl (C=O) groups is 1. The predicted molar refractivity (Wildman–Crippen MR) is 110 cm³/mol. The van der Waals surface area contributed by atoms with E-state index in [1.54, 1.807) is 55.6 Å². The van der Waals surface area contributed by atoms with Gasteiger partial charge in [0.1, 0.15) is 5.75 Å². The van der Waals surface area contributed by atoms with Crippen LogP contribution in [-0.2, 0) is 10.0 Å². The molecule has 2 N–H and O–H groups in total. The van der Waals surface area contributed by atoms with Crippen molar-refractivity contribution >= 4 is 38.9 Å². The number of para-hydroxylation sites is 1. The summed E-state index contributed by atoms with van der Waals surface area (Å²) in [5, 5.41) is 3.02.